The average molecular weight is 257 g/mol. The van der Waals surface area contributed by atoms with Crippen molar-refractivity contribution < 1.29 is 4.74 Å². The molecular weight excluding hydrogens is 238 g/mol. The molecule has 3 rings (SSSR count). The Labute approximate surface area is 113 Å². The molecule has 0 saturated carbocycles. The molecule has 1 aliphatic heterocycles. The quantitative estimate of drug-likeness (QED) is 0.911. The van der Waals surface area contributed by atoms with E-state index in [0.29, 0.717) is 0 Å². The summed E-state index contributed by atoms with van der Waals surface area (Å²) in [5.41, 5.74) is 2.54. The van der Waals surface area contributed by atoms with Crippen molar-refractivity contribution in [2.24, 2.45) is 0 Å². The van der Waals surface area contributed by atoms with Crippen LogP contribution in [0.1, 0.15) is 17.2 Å². The first-order valence-electron chi connectivity index (χ1n) is 6.78. The Morgan fingerprint density at radius 3 is 3.00 bits per heavy atom. The normalized spacial score (nSPS) is 20.5. The number of aromatic nitrogens is 2. The monoisotopic (exact) mass is 257 g/mol. The second kappa shape index (κ2) is 5.99. The van der Waals surface area contributed by atoms with Crippen molar-refractivity contribution >= 4 is 0 Å². The zero-order valence-corrected chi connectivity index (χ0v) is 11.0. The fourth-order valence-corrected chi connectivity index (χ4v) is 2.48. The highest BCUT2D eigenvalue weighted by Crippen LogP contribution is 2.21. The molecule has 0 aliphatic carbocycles. The standard InChI is InChI=1S/C15H19N3O/c1-2-4-14(5-3-1)15-12-18(8-9-19-15)7-6-13-10-16-17-11-13/h1-5,10-11,15H,6-9,12H2,(H,16,17). The van der Waals surface area contributed by atoms with Gasteiger partial charge < -0.3 is 4.74 Å². The molecule has 1 fully saturated rings. The molecule has 19 heavy (non-hydrogen) atoms. The Kier molecular flexibility index (Phi) is 3.91. The van der Waals surface area contributed by atoms with Crippen molar-refractivity contribution in [2.75, 3.05) is 26.2 Å². The van der Waals surface area contributed by atoms with Gasteiger partial charge in [0.15, 0.2) is 0 Å². The van der Waals surface area contributed by atoms with Crippen LogP contribution in [-0.4, -0.2) is 41.3 Å². The van der Waals surface area contributed by atoms with Crippen LogP contribution in [0.2, 0.25) is 0 Å². The summed E-state index contributed by atoms with van der Waals surface area (Å²) in [5.74, 6) is 0. The van der Waals surface area contributed by atoms with E-state index in [2.05, 4.69) is 39.4 Å². The minimum atomic E-state index is 0.208. The van der Waals surface area contributed by atoms with Crippen LogP contribution in [0.4, 0.5) is 0 Å². The molecule has 4 nitrogen and oxygen atoms in total. The van der Waals surface area contributed by atoms with Crippen LogP contribution in [0.5, 0.6) is 0 Å². The second-order valence-electron chi connectivity index (χ2n) is 4.93. The Morgan fingerprint density at radius 2 is 2.21 bits per heavy atom. The molecule has 1 aromatic carbocycles. The third kappa shape index (κ3) is 3.22. The molecule has 1 N–H and O–H groups in total. The highest BCUT2D eigenvalue weighted by Gasteiger charge is 2.21. The summed E-state index contributed by atoms with van der Waals surface area (Å²) in [4.78, 5) is 2.47. The van der Waals surface area contributed by atoms with Crippen LogP contribution in [0.25, 0.3) is 0 Å². The van der Waals surface area contributed by atoms with Gasteiger partial charge in [0.25, 0.3) is 0 Å². The number of H-pyrrole nitrogens is 1. The van der Waals surface area contributed by atoms with Crippen molar-refractivity contribution in [3.63, 3.8) is 0 Å². The van der Waals surface area contributed by atoms with Gasteiger partial charge in [-0.2, -0.15) is 5.10 Å². The van der Waals surface area contributed by atoms with Gasteiger partial charge in [0.2, 0.25) is 0 Å². The largest absolute Gasteiger partial charge is 0.371 e. The summed E-state index contributed by atoms with van der Waals surface area (Å²) in [6.07, 6.45) is 5.11. The van der Waals surface area contributed by atoms with E-state index >= 15 is 0 Å². The smallest absolute Gasteiger partial charge is 0.0952 e. The summed E-state index contributed by atoms with van der Waals surface area (Å²) in [6, 6.07) is 10.5. The van der Waals surface area contributed by atoms with Gasteiger partial charge >= 0.3 is 0 Å². The molecule has 0 bridgehead atoms. The lowest BCUT2D eigenvalue weighted by molar-refractivity contribution is -0.0295. The lowest BCUT2D eigenvalue weighted by Gasteiger charge is -2.33. The van der Waals surface area contributed by atoms with Gasteiger partial charge in [-0.25, -0.2) is 0 Å². The highest BCUT2D eigenvalue weighted by molar-refractivity contribution is 5.18. The SMILES string of the molecule is c1ccc(C2CN(CCc3cn[nH]c3)CCO2)cc1. The van der Waals surface area contributed by atoms with Gasteiger partial charge in [0.1, 0.15) is 0 Å². The first kappa shape index (κ1) is 12.4. The number of hydrogen-bond donors (Lipinski definition) is 1. The molecule has 0 radical (unpaired) electrons. The van der Waals surface area contributed by atoms with Crippen LogP contribution >= 0.6 is 0 Å². The molecule has 100 valence electrons. The second-order valence-corrected chi connectivity index (χ2v) is 4.93. The number of ether oxygens (including phenoxy) is 1. The van der Waals surface area contributed by atoms with Crippen LogP contribution in [-0.2, 0) is 11.2 Å². The van der Waals surface area contributed by atoms with Gasteiger partial charge in [0.05, 0.1) is 18.9 Å². The van der Waals surface area contributed by atoms with Gasteiger partial charge in [-0.05, 0) is 17.5 Å². The maximum absolute atomic E-state index is 5.87. The number of morpholine rings is 1. The lowest BCUT2D eigenvalue weighted by atomic mass is 10.1. The molecule has 2 aromatic rings. The number of hydrogen-bond acceptors (Lipinski definition) is 3. The summed E-state index contributed by atoms with van der Waals surface area (Å²) < 4.78 is 5.87. The Balaban J connectivity index is 1.56. The third-order valence-corrected chi connectivity index (χ3v) is 3.59. The van der Waals surface area contributed by atoms with E-state index < -0.39 is 0 Å². The van der Waals surface area contributed by atoms with Crippen molar-refractivity contribution in [1.82, 2.24) is 15.1 Å². The van der Waals surface area contributed by atoms with E-state index in [-0.39, 0.29) is 6.10 Å². The van der Waals surface area contributed by atoms with Gasteiger partial charge in [-0.15, -0.1) is 0 Å². The van der Waals surface area contributed by atoms with E-state index in [4.69, 9.17) is 4.74 Å². The third-order valence-electron chi connectivity index (χ3n) is 3.59. The molecule has 1 unspecified atom stereocenters. The van der Waals surface area contributed by atoms with Crippen molar-refractivity contribution in [3.8, 4) is 0 Å². The van der Waals surface area contributed by atoms with Crippen molar-refractivity contribution in [1.29, 1.82) is 0 Å². The maximum Gasteiger partial charge on any atom is 0.0952 e. The minimum Gasteiger partial charge on any atom is -0.371 e. The van der Waals surface area contributed by atoms with Crippen LogP contribution in [0.3, 0.4) is 0 Å². The average Bonchev–Trinajstić information content (AvgIpc) is 3.00. The minimum absolute atomic E-state index is 0.208. The van der Waals surface area contributed by atoms with Gasteiger partial charge in [-0.1, -0.05) is 30.3 Å². The van der Waals surface area contributed by atoms with E-state index in [9.17, 15) is 0 Å². The number of nitrogens with one attached hydrogen (secondary N) is 1. The molecule has 1 atom stereocenters. The van der Waals surface area contributed by atoms with Crippen LogP contribution in [0.15, 0.2) is 42.7 Å². The summed E-state index contributed by atoms with van der Waals surface area (Å²) in [6.45, 7) is 3.86. The molecule has 2 heterocycles. The molecule has 0 amide bonds. The summed E-state index contributed by atoms with van der Waals surface area (Å²) in [5, 5.41) is 6.84. The molecule has 1 aromatic heterocycles. The van der Waals surface area contributed by atoms with E-state index in [1.54, 1.807) is 0 Å². The predicted molar refractivity (Wildman–Crippen MR) is 73.9 cm³/mol. The topological polar surface area (TPSA) is 41.2 Å². The first-order chi connectivity index (χ1) is 9.42. The van der Waals surface area contributed by atoms with Crippen molar-refractivity contribution in [2.45, 2.75) is 12.5 Å². The summed E-state index contributed by atoms with van der Waals surface area (Å²) in [7, 11) is 0. The number of nitrogens with zero attached hydrogens (tertiary/aromatic N) is 2. The van der Waals surface area contributed by atoms with E-state index in [1.807, 2.05) is 18.5 Å². The fraction of sp³-hybridized carbons (Fsp3) is 0.400. The number of aromatic amines is 1. The zero-order valence-electron chi connectivity index (χ0n) is 11.0. The fourth-order valence-electron chi connectivity index (χ4n) is 2.48. The highest BCUT2D eigenvalue weighted by atomic mass is 16.5. The van der Waals surface area contributed by atoms with E-state index in [1.165, 1.54) is 11.1 Å². The van der Waals surface area contributed by atoms with Gasteiger partial charge in [-0.3, -0.25) is 10.00 Å². The lowest BCUT2D eigenvalue weighted by Crippen LogP contribution is -2.39. The Bertz CT molecular complexity index is 483. The maximum atomic E-state index is 5.87. The zero-order chi connectivity index (χ0) is 12.9. The molecule has 1 aliphatic rings. The molecule has 0 spiro atoms. The Hall–Kier alpha value is -1.65. The molecule has 4 heteroatoms. The van der Waals surface area contributed by atoms with Gasteiger partial charge in [0, 0.05) is 25.8 Å². The molecule has 1 saturated heterocycles. The predicted octanol–water partition coefficient (Wildman–Crippen LogP) is 2.03. The van der Waals surface area contributed by atoms with Crippen LogP contribution in [0, 0.1) is 0 Å². The number of rotatable bonds is 4. The first-order valence-corrected chi connectivity index (χ1v) is 6.78. The van der Waals surface area contributed by atoms with E-state index in [0.717, 1.165) is 32.7 Å². The van der Waals surface area contributed by atoms with Crippen molar-refractivity contribution in [3.05, 3.63) is 53.9 Å². The Morgan fingerprint density at radius 1 is 1.32 bits per heavy atom. The van der Waals surface area contributed by atoms with Crippen LogP contribution < -0.4 is 0 Å². The molecular formula is C15H19N3O. The summed E-state index contributed by atoms with van der Waals surface area (Å²) >= 11 is 0. The number of benzene rings is 1.